The number of carbonyl (C=O) groups is 2. The first kappa shape index (κ1) is 30.2. The van der Waals surface area contributed by atoms with Crippen LogP contribution in [0.5, 0.6) is 0 Å². The summed E-state index contributed by atoms with van der Waals surface area (Å²) in [5, 5.41) is 12.7. The van der Waals surface area contributed by atoms with Gasteiger partial charge >= 0.3 is 0 Å². The third-order valence-electron chi connectivity index (χ3n) is 11.9. The summed E-state index contributed by atoms with van der Waals surface area (Å²) in [6, 6.07) is 7.76. The van der Waals surface area contributed by atoms with Crippen molar-refractivity contribution < 1.29 is 24.0 Å². The van der Waals surface area contributed by atoms with E-state index in [0.29, 0.717) is 25.4 Å². The molecule has 2 amide bonds. The molecule has 2 saturated heterocycles. The molecule has 45 heavy (non-hydrogen) atoms. The monoisotopic (exact) mass is 616 g/mol. The van der Waals surface area contributed by atoms with E-state index in [4.69, 9.17) is 9.47 Å². The van der Waals surface area contributed by atoms with Gasteiger partial charge in [-0.3, -0.25) is 25.1 Å². The average Bonchev–Trinajstić information content (AvgIpc) is 3.50. The highest BCUT2D eigenvalue weighted by Gasteiger charge is 2.62. The van der Waals surface area contributed by atoms with Gasteiger partial charge in [0.25, 0.3) is 11.6 Å². The Morgan fingerprint density at radius 2 is 1.96 bits per heavy atom. The Balaban J connectivity index is 1.20. The number of carbonyl (C=O) groups excluding carboxylic acids is 2. The van der Waals surface area contributed by atoms with Gasteiger partial charge in [0.1, 0.15) is 12.2 Å². The molecule has 1 aromatic carbocycles. The number of hydrogen-bond donors (Lipinski definition) is 1. The summed E-state index contributed by atoms with van der Waals surface area (Å²) in [5.41, 5.74) is 6.12. The summed E-state index contributed by atoms with van der Waals surface area (Å²) in [6.45, 7) is 14.0. The molecule has 0 radical (unpaired) electrons. The number of allylic oxidation sites excluding steroid dienone is 3. The number of nitro groups is 1. The highest BCUT2D eigenvalue weighted by Crippen LogP contribution is 2.64. The lowest BCUT2D eigenvalue weighted by Gasteiger charge is -2.63. The molecule has 1 unspecified atom stereocenters. The molecule has 0 aromatic heterocycles. The maximum atomic E-state index is 14.1. The fourth-order valence-corrected chi connectivity index (χ4v) is 9.62. The molecule has 7 rings (SSSR count). The van der Waals surface area contributed by atoms with Crippen molar-refractivity contribution in [3.63, 3.8) is 0 Å². The van der Waals surface area contributed by atoms with Crippen LogP contribution >= 0.6 is 0 Å². The molecule has 6 aliphatic rings. The number of nitrogens with one attached hydrogen (secondary N) is 1. The quantitative estimate of drug-likeness (QED) is 0.272. The van der Waals surface area contributed by atoms with E-state index in [2.05, 4.69) is 42.9 Å². The highest BCUT2D eigenvalue weighted by molar-refractivity contribution is 5.94. The second kappa shape index (κ2) is 10.5. The minimum atomic E-state index is -0.595. The van der Waals surface area contributed by atoms with E-state index in [-0.39, 0.29) is 46.8 Å². The van der Waals surface area contributed by atoms with E-state index in [1.54, 1.807) is 11.1 Å². The smallest absolute Gasteiger partial charge is 0.266 e. The largest absolute Gasteiger partial charge is 0.350 e. The number of amides is 2. The van der Waals surface area contributed by atoms with Gasteiger partial charge in [0.15, 0.2) is 5.79 Å². The van der Waals surface area contributed by atoms with Crippen LogP contribution in [0.25, 0.3) is 0 Å². The molecule has 10 nitrogen and oxygen atoms in total. The van der Waals surface area contributed by atoms with Gasteiger partial charge in [-0.1, -0.05) is 50.3 Å². The lowest BCUT2D eigenvalue weighted by molar-refractivity contribution is -0.419. The van der Waals surface area contributed by atoms with Crippen LogP contribution < -0.4 is 10.3 Å². The van der Waals surface area contributed by atoms with Crippen LogP contribution in [0, 0.1) is 38.7 Å². The van der Waals surface area contributed by atoms with Crippen LogP contribution in [0.2, 0.25) is 0 Å². The lowest BCUT2D eigenvalue weighted by atomic mass is 9.46. The Labute approximate surface area is 264 Å². The number of para-hydroxylation sites is 1. The molecular weight excluding hydrogens is 572 g/mol. The Hall–Kier alpha value is -3.50. The zero-order valence-electron chi connectivity index (χ0n) is 26.7. The number of nitrogens with zero attached hydrogens (tertiary/aromatic N) is 3. The molecule has 1 N–H and O–H groups in total. The first-order valence-corrected chi connectivity index (χ1v) is 16.3. The van der Waals surface area contributed by atoms with Crippen LogP contribution in [0.3, 0.4) is 0 Å². The van der Waals surface area contributed by atoms with Crippen LogP contribution in [0.15, 0.2) is 60.3 Å². The van der Waals surface area contributed by atoms with Gasteiger partial charge in [-0.15, -0.1) is 0 Å². The summed E-state index contributed by atoms with van der Waals surface area (Å²) < 4.78 is 12.8. The average molecular weight is 617 g/mol. The van der Waals surface area contributed by atoms with E-state index < -0.39 is 28.8 Å². The molecule has 0 spiro atoms. The minimum absolute atomic E-state index is 0.0224. The van der Waals surface area contributed by atoms with Gasteiger partial charge < -0.3 is 14.4 Å². The second-order valence-corrected chi connectivity index (χ2v) is 14.9. The predicted octanol–water partition coefficient (Wildman–Crippen LogP) is 5.28. The van der Waals surface area contributed by atoms with Gasteiger partial charge in [-0.25, -0.2) is 5.01 Å². The van der Waals surface area contributed by atoms with E-state index in [0.717, 1.165) is 36.9 Å². The SMILES string of the molecule is C=C1CC[C@@H]2[C@]3(C)COC(C)(C)O[C@@H]3CC[C@@]2(C)[C@@H]1C[C@H]1N(NC(=O)C2C=CC([N+](=O)[O-])=CC2)C(=O)[C@@H]2Cc3ccccc3N21. The first-order valence-electron chi connectivity index (χ1n) is 16.3. The fourth-order valence-electron chi connectivity index (χ4n) is 9.62. The molecule has 4 fully saturated rings. The van der Waals surface area contributed by atoms with Gasteiger partial charge in [0, 0.05) is 23.6 Å². The fraction of sp³-hybridized carbons (Fsp3) is 0.600. The zero-order chi connectivity index (χ0) is 31.9. The van der Waals surface area contributed by atoms with Crippen molar-refractivity contribution >= 4 is 17.5 Å². The Kier molecular flexibility index (Phi) is 7.05. The zero-order valence-corrected chi connectivity index (χ0v) is 26.7. The molecule has 3 heterocycles. The van der Waals surface area contributed by atoms with Crippen molar-refractivity contribution in [2.24, 2.45) is 28.6 Å². The first-order chi connectivity index (χ1) is 21.3. The second-order valence-electron chi connectivity index (χ2n) is 14.9. The normalized spacial score (nSPS) is 38.2. The predicted molar refractivity (Wildman–Crippen MR) is 168 cm³/mol. The molecule has 0 bridgehead atoms. The molecule has 10 heteroatoms. The van der Waals surface area contributed by atoms with Crippen molar-refractivity contribution in [2.45, 2.75) is 96.7 Å². The maximum Gasteiger partial charge on any atom is 0.266 e. The number of hydrogen-bond acceptors (Lipinski definition) is 7. The Bertz CT molecular complexity index is 1520. The summed E-state index contributed by atoms with van der Waals surface area (Å²) in [6.07, 6.45) is 9.42. The third kappa shape index (κ3) is 4.74. The van der Waals surface area contributed by atoms with Crippen LogP contribution in [0.1, 0.15) is 71.8 Å². The standard InChI is InChI=1S/C35H44N4O6/c1-21-10-15-28-34(4,17-16-29-35(28,5)20-44-33(2,3)45-29)25(21)19-30-37-26-9-7-6-8-23(26)18-27(37)32(41)38(30)36-31(40)22-11-13-24(14-12-22)39(42)43/h6-9,11,13-14,22,25,27-30H,1,10,12,15-20H2,2-5H3,(H,36,40)/t22?,25-,27+,28+,29-,30-,34+,35+/m1/s1. The van der Waals surface area contributed by atoms with Crippen LogP contribution in [0.4, 0.5) is 5.69 Å². The maximum absolute atomic E-state index is 14.1. The Morgan fingerprint density at radius 3 is 2.69 bits per heavy atom. The van der Waals surface area contributed by atoms with Crippen molar-refractivity contribution in [2.75, 3.05) is 11.5 Å². The summed E-state index contributed by atoms with van der Waals surface area (Å²) >= 11 is 0. The number of rotatable bonds is 5. The molecule has 8 atom stereocenters. The van der Waals surface area contributed by atoms with Crippen LogP contribution in [-0.4, -0.2) is 52.5 Å². The summed E-state index contributed by atoms with van der Waals surface area (Å²) in [5.74, 6) is -1.18. The molecule has 3 aliphatic carbocycles. The van der Waals surface area contributed by atoms with E-state index in [1.807, 2.05) is 26.0 Å². The van der Waals surface area contributed by atoms with Gasteiger partial charge in [-0.05, 0) is 87.3 Å². The number of fused-ring (bicyclic) bond motifs is 6. The van der Waals surface area contributed by atoms with Crippen molar-refractivity contribution in [1.82, 2.24) is 10.4 Å². The number of hydrazine groups is 1. The number of ether oxygens (including phenoxy) is 2. The van der Waals surface area contributed by atoms with Crippen molar-refractivity contribution in [3.8, 4) is 0 Å². The van der Waals surface area contributed by atoms with Crippen molar-refractivity contribution in [1.29, 1.82) is 0 Å². The minimum Gasteiger partial charge on any atom is -0.350 e. The molecular formula is C35H44N4O6. The Morgan fingerprint density at radius 1 is 1.18 bits per heavy atom. The van der Waals surface area contributed by atoms with E-state index in [1.165, 1.54) is 17.7 Å². The van der Waals surface area contributed by atoms with Gasteiger partial charge in [0.2, 0.25) is 5.91 Å². The van der Waals surface area contributed by atoms with Gasteiger partial charge in [0.05, 0.1) is 23.6 Å². The molecule has 240 valence electrons. The third-order valence-corrected chi connectivity index (χ3v) is 11.9. The van der Waals surface area contributed by atoms with Gasteiger partial charge in [-0.2, -0.15) is 0 Å². The molecule has 1 aromatic rings. The topological polar surface area (TPSA) is 114 Å². The summed E-state index contributed by atoms with van der Waals surface area (Å²) in [4.78, 5) is 40.6. The molecule has 2 saturated carbocycles. The lowest BCUT2D eigenvalue weighted by Crippen LogP contribution is -2.63. The number of benzene rings is 1. The van der Waals surface area contributed by atoms with Crippen LogP contribution in [-0.2, 0) is 25.5 Å². The summed E-state index contributed by atoms with van der Waals surface area (Å²) in [7, 11) is 0. The molecule has 3 aliphatic heterocycles. The highest BCUT2D eigenvalue weighted by atomic mass is 16.7. The number of anilines is 1. The van der Waals surface area contributed by atoms with E-state index >= 15 is 0 Å². The van der Waals surface area contributed by atoms with Crippen molar-refractivity contribution in [3.05, 3.63) is 76.0 Å². The van der Waals surface area contributed by atoms with E-state index in [9.17, 15) is 19.7 Å².